The first kappa shape index (κ1) is 7.03. The third kappa shape index (κ3) is 2.33. The molecule has 2 unspecified atom stereocenters. The van der Waals surface area contributed by atoms with Gasteiger partial charge in [-0.25, -0.2) is 0 Å². The van der Waals surface area contributed by atoms with Crippen LogP contribution in [0.2, 0.25) is 0 Å². The highest BCUT2D eigenvalue weighted by Gasteiger charge is 2.31. The van der Waals surface area contributed by atoms with E-state index in [0.29, 0.717) is 0 Å². The molecule has 1 rings (SSSR count). The minimum Gasteiger partial charge on any atom is -0.383 e. The fraction of sp³-hybridized carbons (Fsp3) is 1.00. The van der Waals surface area contributed by atoms with E-state index < -0.39 is 0 Å². The number of hydrogen-bond donors (Lipinski definition) is 1. The van der Waals surface area contributed by atoms with Crippen LogP contribution in [0.1, 0.15) is 13.3 Å². The quantitative estimate of drug-likeness (QED) is 0.562. The predicted molar refractivity (Wildman–Crippen MR) is 37.4 cm³/mol. The molecule has 0 heterocycles. The second kappa shape index (κ2) is 3.18. The lowest BCUT2D eigenvalue weighted by atomic mass is 10.5. The summed E-state index contributed by atoms with van der Waals surface area (Å²) < 4.78 is 4.89. The Morgan fingerprint density at radius 3 is 2.78 bits per heavy atom. The van der Waals surface area contributed by atoms with E-state index in [9.17, 15) is 0 Å². The van der Waals surface area contributed by atoms with Crippen molar-refractivity contribution in [2.24, 2.45) is 5.92 Å². The van der Waals surface area contributed by atoms with Crippen molar-refractivity contribution >= 4 is 0 Å². The molecule has 0 aromatic carbocycles. The van der Waals surface area contributed by atoms with Crippen LogP contribution >= 0.6 is 0 Å². The zero-order chi connectivity index (χ0) is 6.69. The van der Waals surface area contributed by atoms with Crippen LogP contribution in [0.15, 0.2) is 0 Å². The van der Waals surface area contributed by atoms with Crippen LogP contribution in [0.3, 0.4) is 0 Å². The molecule has 1 saturated carbocycles. The molecule has 0 aliphatic heterocycles. The van der Waals surface area contributed by atoms with Gasteiger partial charge in [0.1, 0.15) is 0 Å². The van der Waals surface area contributed by atoms with Crippen molar-refractivity contribution in [2.45, 2.75) is 19.4 Å². The Bertz CT molecular complexity index is 85.0. The molecular formula is C7H15NO. The van der Waals surface area contributed by atoms with Gasteiger partial charge in [0.05, 0.1) is 6.61 Å². The molecule has 2 heteroatoms. The van der Waals surface area contributed by atoms with Gasteiger partial charge in [0.2, 0.25) is 0 Å². The summed E-state index contributed by atoms with van der Waals surface area (Å²) in [4.78, 5) is 0. The zero-order valence-electron chi connectivity index (χ0n) is 6.18. The molecule has 1 fully saturated rings. The first-order valence-electron chi connectivity index (χ1n) is 3.57. The van der Waals surface area contributed by atoms with Gasteiger partial charge >= 0.3 is 0 Å². The minimum atomic E-state index is 0.792. The van der Waals surface area contributed by atoms with Crippen LogP contribution in [0.5, 0.6) is 0 Å². The lowest BCUT2D eigenvalue weighted by Crippen LogP contribution is -2.22. The lowest BCUT2D eigenvalue weighted by molar-refractivity contribution is 0.198. The van der Waals surface area contributed by atoms with Gasteiger partial charge in [0.25, 0.3) is 0 Å². The van der Waals surface area contributed by atoms with E-state index in [1.807, 2.05) is 0 Å². The fourth-order valence-electron chi connectivity index (χ4n) is 0.953. The largest absolute Gasteiger partial charge is 0.383 e. The average Bonchev–Trinajstić information content (AvgIpc) is 2.48. The SMILES string of the molecule is COCCNC1CC1C. The van der Waals surface area contributed by atoms with Crippen LogP contribution in [0, 0.1) is 5.92 Å². The highest BCUT2D eigenvalue weighted by atomic mass is 16.5. The van der Waals surface area contributed by atoms with Crippen LogP contribution < -0.4 is 5.32 Å². The summed E-state index contributed by atoms with van der Waals surface area (Å²) >= 11 is 0. The number of nitrogens with one attached hydrogen (secondary N) is 1. The molecular weight excluding hydrogens is 114 g/mol. The number of methoxy groups -OCH3 is 1. The maximum absolute atomic E-state index is 4.89. The second-order valence-corrected chi connectivity index (χ2v) is 2.77. The van der Waals surface area contributed by atoms with Crippen molar-refractivity contribution < 1.29 is 4.74 Å². The van der Waals surface area contributed by atoms with Gasteiger partial charge in [0.15, 0.2) is 0 Å². The van der Waals surface area contributed by atoms with Gasteiger partial charge in [-0.2, -0.15) is 0 Å². The monoisotopic (exact) mass is 129 g/mol. The van der Waals surface area contributed by atoms with Gasteiger partial charge < -0.3 is 10.1 Å². The van der Waals surface area contributed by atoms with Gasteiger partial charge in [0, 0.05) is 19.7 Å². The fourth-order valence-corrected chi connectivity index (χ4v) is 0.953. The van der Waals surface area contributed by atoms with E-state index >= 15 is 0 Å². The highest BCUT2D eigenvalue weighted by molar-refractivity contribution is 4.89. The summed E-state index contributed by atoms with van der Waals surface area (Å²) in [5, 5.41) is 3.38. The molecule has 0 spiro atoms. The molecule has 0 bridgehead atoms. The van der Waals surface area contributed by atoms with Crippen molar-refractivity contribution in [3.05, 3.63) is 0 Å². The zero-order valence-corrected chi connectivity index (χ0v) is 6.18. The van der Waals surface area contributed by atoms with Crippen LogP contribution in [-0.4, -0.2) is 26.3 Å². The van der Waals surface area contributed by atoms with Crippen LogP contribution in [-0.2, 0) is 4.74 Å². The van der Waals surface area contributed by atoms with Crippen molar-refractivity contribution in [1.29, 1.82) is 0 Å². The van der Waals surface area contributed by atoms with E-state index in [2.05, 4.69) is 12.2 Å². The molecule has 0 aromatic heterocycles. The van der Waals surface area contributed by atoms with Crippen molar-refractivity contribution in [3.63, 3.8) is 0 Å². The Balaban J connectivity index is 1.83. The third-order valence-corrected chi connectivity index (χ3v) is 1.82. The van der Waals surface area contributed by atoms with E-state index in [0.717, 1.165) is 25.1 Å². The highest BCUT2D eigenvalue weighted by Crippen LogP contribution is 2.28. The standard InChI is InChI=1S/C7H15NO/c1-6-5-7(6)8-3-4-9-2/h6-8H,3-5H2,1-2H3. The third-order valence-electron chi connectivity index (χ3n) is 1.82. The molecule has 0 saturated heterocycles. The molecule has 9 heavy (non-hydrogen) atoms. The molecule has 0 amide bonds. The number of hydrogen-bond acceptors (Lipinski definition) is 2. The second-order valence-electron chi connectivity index (χ2n) is 2.77. The van der Waals surface area contributed by atoms with Gasteiger partial charge in [-0.3, -0.25) is 0 Å². The molecule has 0 radical (unpaired) electrons. The Labute approximate surface area is 56.6 Å². The molecule has 1 N–H and O–H groups in total. The summed E-state index contributed by atoms with van der Waals surface area (Å²) in [5.74, 6) is 0.904. The van der Waals surface area contributed by atoms with E-state index in [1.165, 1.54) is 6.42 Å². The Morgan fingerprint density at radius 1 is 1.67 bits per heavy atom. The van der Waals surface area contributed by atoms with Gasteiger partial charge in [-0.15, -0.1) is 0 Å². The minimum absolute atomic E-state index is 0.792. The summed E-state index contributed by atoms with van der Waals surface area (Å²) in [6.07, 6.45) is 1.35. The molecule has 1 aliphatic carbocycles. The lowest BCUT2D eigenvalue weighted by Gasteiger charge is -1.99. The first-order chi connectivity index (χ1) is 4.34. The normalized spacial score (nSPS) is 32.7. The Kier molecular flexibility index (Phi) is 2.49. The topological polar surface area (TPSA) is 21.3 Å². The summed E-state index contributed by atoms with van der Waals surface area (Å²) in [7, 11) is 1.73. The molecule has 1 aliphatic rings. The molecule has 2 nitrogen and oxygen atoms in total. The maximum Gasteiger partial charge on any atom is 0.0587 e. The van der Waals surface area contributed by atoms with Gasteiger partial charge in [-0.1, -0.05) is 6.92 Å². The Hall–Kier alpha value is -0.0800. The van der Waals surface area contributed by atoms with Crippen molar-refractivity contribution in [1.82, 2.24) is 5.32 Å². The summed E-state index contributed by atoms with van der Waals surface area (Å²) in [6, 6.07) is 0.792. The van der Waals surface area contributed by atoms with Crippen LogP contribution in [0.25, 0.3) is 0 Å². The predicted octanol–water partition coefficient (Wildman–Crippen LogP) is 0.631. The maximum atomic E-state index is 4.89. The van der Waals surface area contributed by atoms with Crippen molar-refractivity contribution in [3.8, 4) is 0 Å². The number of rotatable bonds is 4. The van der Waals surface area contributed by atoms with E-state index in [-0.39, 0.29) is 0 Å². The number of ether oxygens (including phenoxy) is 1. The summed E-state index contributed by atoms with van der Waals surface area (Å²) in [6.45, 7) is 4.11. The average molecular weight is 129 g/mol. The molecule has 2 atom stereocenters. The van der Waals surface area contributed by atoms with Gasteiger partial charge in [-0.05, 0) is 12.3 Å². The first-order valence-corrected chi connectivity index (χ1v) is 3.57. The smallest absolute Gasteiger partial charge is 0.0587 e. The summed E-state index contributed by atoms with van der Waals surface area (Å²) in [5.41, 5.74) is 0. The van der Waals surface area contributed by atoms with Crippen molar-refractivity contribution in [2.75, 3.05) is 20.3 Å². The van der Waals surface area contributed by atoms with E-state index in [1.54, 1.807) is 7.11 Å². The molecule has 54 valence electrons. The van der Waals surface area contributed by atoms with E-state index in [4.69, 9.17) is 4.74 Å². The Morgan fingerprint density at radius 2 is 2.33 bits per heavy atom. The molecule has 0 aromatic rings. The van der Waals surface area contributed by atoms with Crippen LogP contribution in [0.4, 0.5) is 0 Å².